The molecule has 0 amide bonds. The Hall–Kier alpha value is -3.17. The van der Waals surface area contributed by atoms with E-state index in [0.717, 1.165) is 32.7 Å². The second kappa shape index (κ2) is 17.4. The Morgan fingerprint density at radius 1 is 0.795 bits per heavy atom. The fraction of sp³-hybridized carbons (Fsp3) is 0.652. The van der Waals surface area contributed by atoms with Gasteiger partial charge in [-0.3, -0.25) is 19.5 Å². The van der Waals surface area contributed by atoms with Gasteiger partial charge in [-0.15, -0.1) is 0 Å². The largest absolute Gasteiger partial charge is 0.490 e. The van der Waals surface area contributed by atoms with Crippen LogP contribution in [0.25, 0.3) is 0 Å². The van der Waals surface area contributed by atoms with Crippen LogP contribution in [0.2, 0.25) is 0 Å². The van der Waals surface area contributed by atoms with Gasteiger partial charge in [-0.25, -0.2) is 14.4 Å². The molecule has 0 aromatic carbocycles. The van der Waals surface area contributed by atoms with Gasteiger partial charge in [-0.1, -0.05) is 0 Å². The van der Waals surface area contributed by atoms with E-state index < -0.39 is 42.4 Å². The molecule has 0 saturated carbocycles. The highest BCUT2D eigenvalue weighted by Crippen LogP contribution is 2.22. The highest BCUT2D eigenvalue weighted by atomic mass is 32.1. The van der Waals surface area contributed by atoms with Gasteiger partial charge >= 0.3 is 42.4 Å². The zero-order valence-corrected chi connectivity index (χ0v) is 23.8. The van der Waals surface area contributed by atoms with E-state index in [1.165, 1.54) is 5.56 Å². The molecule has 0 radical (unpaired) electrons. The van der Waals surface area contributed by atoms with Gasteiger partial charge in [0.15, 0.2) is 0 Å². The van der Waals surface area contributed by atoms with E-state index in [0.29, 0.717) is 25.2 Å². The summed E-state index contributed by atoms with van der Waals surface area (Å²) < 4.78 is 95.2. The Labute approximate surface area is 248 Å². The van der Waals surface area contributed by atoms with E-state index in [2.05, 4.69) is 45.4 Å². The number of carboxylic acids is 4. The Bertz CT molecular complexity index is 1010. The molecule has 1 aromatic rings. The summed E-state index contributed by atoms with van der Waals surface area (Å²) in [4.78, 5) is 45.5. The maximum atomic E-state index is 11.6. The summed E-state index contributed by atoms with van der Waals surface area (Å²) in [5.74, 6) is -9.20. The normalized spacial score (nSPS) is 19.9. The predicted octanol–water partition coefficient (Wildman–Crippen LogP) is 3.56. The number of aliphatic carboxylic acids is 4. The molecule has 254 valence electrons. The lowest BCUT2D eigenvalue weighted by Gasteiger charge is -2.41. The average molecular weight is 680 g/mol. The number of carbonyl (C=O) groups is 4. The first kappa shape index (κ1) is 40.8. The van der Waals surface area contributed by atoms with Crippen molar-refractivity contribution in [2.75, 3.05) is 39.3 Å². The Morgan fingerprint density at radius 3 is 1.59 bits per heavy atom. The third kappa shape index (κ3) is 16.1. The van der Waals surface area contributed by atoms with Gasteiger partial charge in [0.2, 0.25) is 0 Å². The van der Waals surface area contributed by atoms with Crippen molar-refractivity contribution in [1.29, 1.82) is 0 Å². The smallest absolute Gasteiger partial charge is 0.481 e. The number of alkyl halides is 9. The lowest BCUT2D eigenvalue weighted by atomic mass is 10.1. The number of hydrogen-bond acceptors (Lipinski definition) is 8. The van der Waals surface area contributed by atoms with Crippen LogP contribution in [0.4, 0.5) is 39.5 Å². The molecule has 2 atom stereocenters. The molecule has 1 aromatic heterocycles. The summed E-state index contributed by atoms with van der Waals surface area (Å²) >= 11 is 1.75. The van der Waals surface area contributed by atoms with E-state index in [-0.39, 0.29) is 5.92 Å². The minimum Gasteiger partial charge on any atom is -0.481 e. The van der Waals surface area contributed by atoms with Gasteiger partial charge in [-0.05, 0) is 36.2 Å². The molecule has 0 bridgehead atoms. The fourth-order valence-electron chi connectivity index (χ4n) is 3.70. The van der Waals surface area contributed by atoms with Crippen LogP contribution in [0.5, 0.6) is 0 Å². The zero-order valence-electron chi connectivity index (χ0n) is 23.0. The number of rotatable bonds is 4. The number of fused-ring (bicyclic) bond motifs is 1. The first-order valence-electron chi connectivity index (χ1n) is 12.2. The first-order chi connectivity index (χ1) is 19.9. The number of carboxylic acid groups (broad SMARTS) is 4. The van der Waals surface area contributed by atoms with Gasteiger partial charge < -0.3 is 20.4 Å². The molecule has 3 rings (SSSR count). The van der Waals surface area contributed by atoms with Crippen LogP contribution < -0.4 is 0 Å². The molecule has 2 aliphatic heterocycles. The third-order valence-electron chi connectivity index (χ3n) is 5.84. The monoisotopic (exact) mass is 679 g/mol. The predicted molar refractivity (Wildman–Crippen MR) is 134 cm³/mol. The van der Waals surface area contributed by atoms with E-state index in [1.54, 1.807) is 11.3 Å². The van der Waals surface area contributed by atoms with Gasteiger partial charge in [0.25, 0.3) is 0 Å². The summed E-state index contributed by atoms with van der Waals surface area (Å²) in [7, 11) is 0. The highest BCUT2D eigenvalue weighted by molar-refractivity contribution is 7.07. The molecule has 2 fully saturated rings. The molecule has 11 nitrogen and oxygen atoms in total. The molecule has 21 heteroatoms. The van der Waals surface area contributed by atoms with Crippen LogP contribution in [0.15, 0.2) is 16.8 Å². The molecule has 44 heavy (non-hydrogen) atoms. The topological polar surface area (TPSA) is 159 Å². The lowest BCUT2D eigenvalue weighted by molar-refractivity contribution is -0.193. The van der Waals surface area contributed by atoms with Gasteiger partial charge in [0.1, 0.15) is 0 Å². The minimum absolute atomic E-state index is 0.272. The van der Waals surface area contributed by atoms with E-state index in [9.17, 15) is 49.4 Å². The standard InChI is InChI=1S/C17H27N3O2S.3C2HF3O2/c1-13(2)20-9-15(17(21)22)8-19-5-4-18(10-16(19)11-20)7-14-3-6-23-12-14;3*3-2(4,5)1(6)7/h3,6,12-13,15-16H,4-5,7-11H2,1-2H3,(H,21,22);3*(H,6,7). The summed E-state index contributed by atoms with van der Waals surface area (Å²) in [5, 5.41) is 35.2. The Morgan fingerprint density at radius 2 is 1.25 bits per heavy atom. The molecule has 0 aliphatic carbocycles. The van der Waals surface area contributed by atoms with Crippen LogP contribution in [-0.2, 0) is 25.7 Å². The number of halogens is 9. The van der Waals surface area contributed by atoms with Crippen LogP contribution in [-0.4, -0.2) is 129 Å². The molecular weight excluding hydrogens is 649 g/mol. The molecule has 3 heterocycles. The van der Waals surface area contributed by atoms with Crippen molar-refractivity contribution in [3.63, 3.8) is 0 Å². The highest BCUT2D eigenvalue weighted by Gasteiger charge is 2.40. The van der Waals surface area contributed by atoms with Crippen LogP contribution in [0.1, 0.15) is 19.4 Å². The summed E-state index contributed by atoms with van der Waals surface area (Å²) in [6.45, 7) is 10.7. The van der Waals surface area contributed by atoms with Crippen molar-refractivity contribution in [2.24, 2.45) is 5.92 Å². The van der Waals surface area contributed by atoms with Gasteiger partial charge in [0, 0.05) is 57.9 Å². The summed E-state index contributed by atoms with van der Waals surface area (Å²) in [6.07, 6.45) is -15.3. The number of thiophene rings is 1. The SMILES string of the molecule is CC(C)N1CC(C(=O)O)CN2CCN(Cc3ccsc3)CC2C1.O=C(O)C(F)(F)F.O=C(O)C(F)(F)F.O=C(O)C(F)(F)F. The Kier molecular flexibility index (Phi) is 16.1. The van der Waals surface area contributed by atoms with Crippen LogP contribution in [0.3, 0.4) is 0 Å². The first-order valence-corrected chi connectivity index (χ1v) is 13.1. The molecule has 2 saturated heterocycles. The molecular formula is C23H30F9N3O8S. The maximum Gasteiger partial charge on any atom is 0.490 e. The van der Waals surface area contributed by atoms with Crippen molar-refractivity contribution < 1.29 is 79.1 Å². The lowest BCUT2D eigenvalue weighted by Crippen LogP contribution is -2.56. The van der Waals surface area contributed by atoms with Crippen molar-refractivity contribution in [3.8, 4) is 0 Å². The average Bonchev–Trinajstić information content (AvgIpc) is 3.28. The fourth-order valence-corrected chi connectivity index (χ4v) is 4.36. The number of nitrogens with zero attached hydrogens (tertiary/aromatic N) is 3. The van der Waals surface area contributed by atoms with Crippen LogP contribution in [0, 0.1) is 5.92 Å². The second-order valence-corrected chi connectivity index (χ2v) is 10.3. The van der Waals surface area contributed by atoms with Crippen molar-refractivity contribution >= 4 is 35.2 Å². The van der Waals surface area contributed by atoms with E-state index in [1.807, 2.05) is 0 Å². The molecule has 0 spiro atoms. The van der Waals surface area contributed by atoms with E-state index in [4.69, 9.17) is 29.7 Å². The van der Waals surface area contributed by atoms with Crippen molar-refractivity contribution in [2.45, 2.75) is 51.0 Å². The molecule has 4 N–H and O–H groups in total. The summed E-state index contributed by atoms with van der Waals surface area (Å²) in [6, 6.07) is 3.03. The summed E-state index contributed by atoms with van der Waals surface area (Å²) in [5.41, 5.74) is 1.39. The number of piperazine rings is 1. The van der Waals surface area contributed by atoms with Crippen molar-refractivity contribution in [3.05, 3.63) is 22.4 Å². The molecule has 2 aliphatic rings. The Balaban J connectivity index is 0.000000721. The van der Waals surface area contributed by atoms with Crippen LogP contribution >= 0.6 is 11.3 Å². The number of hydrogen-bond donors (Lipinski definition) is 4. The third-order valence-corrected chi connectivity index (χ3v) is 6.57. The maximum absolute atomic E-state index is 11.6. The van der Waals surface area contributed by atoms with E-state index >= 15 is 0 Å². The second-order valence-electron chi connectivity index (χ2n) is 9.51. The van der Waals surface area contributed by atoms with Gasteiger partial charge in [0.05, 0.1) is 5.92 Å². The minimum atomic E-state index is -5.08. The van der Waals surface area contributed by atoms with Crippen molar-refractivity contribution in [1.82, 2.24) is 14.7 Å². The zero-order chi connectivity index (χ0) is 34.6. The molecule has 2 unspecified atom stereocenters. The van der Waals surface area contributed by atoms with Gasteiger partial charge in [-0.2, -0.15) is 50.9 Å². The quantitative estimate of drug-likeness (QED) is 0.345.